The lowest BCUT2D eigenvalue weighted by Gasteiger charge is -2.43. The van der Waals surface area contributed by atoms with E-state index >= 15 is 0 Å². The molecule has 0 spiro atoms. The summed E-state index contributed by atoms with van der Waals surface area (Å²) in [6.07, 6.45) is 3.37. The molecule has 0 unspecified atom stereocenters. The van der Waals surface area contributed by atoms with Gasteiger partial charge in [0.2, 0.25) is 0 Å². The lowest BCUT2D eigenvalue weighted by molar-refractivity contribution is -0.137. The van der Waals surface area contributed by atoms with Crippen LogP contribution in [0.3, 0.4) is 0 Å². The van der Waals surface area contributed by atoms with Crippen LogP contribution >= 0.6 is 0 Å². The Morgan fingerprint density at radius 3 is 1.93 bits per heavy atom. The van der Waals surface area contributed by atoms with E-state index in [2.05, 4.69) is 76.2 Å². The molecule has 0 radical (unpaired) electrons. The quantitative estimate of drug-likeness (QED) is 0.379. The molecule has 0 aliphatic heterocycles. The van der Waals surface area contributed by atoms with Crippen LogP contribution in [0.15, 0.2) is 72.8 Å². The van der Waals surface area contributed by atoms with Crippen LogP contribution in [0, 0.1) is 5.92 Å². The van der Waals surface area contributed by atoms with E-state index in [9.17, 15) is 4.79 Å². The molecule has 0 bridgehead atoms. The molecule has 0 heterocycles. The number of benzene rings is 2. The Bertz CT molecular complexity index is 724. The zero-order valence-corrected chi connectivity index (χ0v) is 18.6. The molecule has 1 atom stereocenters. The number of rotatable bonds is 8. The first-order chi connectivity index (χ1) is 13.3. The van der Waals surface area contributed by atoms with Crippen LogP contribution < -0.4 is 10.4 Å². The van der Waals surface area contributed by atoms with Gasteiger partial charge in [-0.3, -0.25) is 0 Å². The summed E-state index contributed by atoms with van der Waals surface area (Å²) in [7, 11) is -2.53. The molecule has 3 nitrogen and oxygen atoms in total. The fraction of sp³-hybridized carbons (Fsp3) is 0.375. The summed E-state index contributed by atoms with van der Waals surface area (Å²) in [6.45, 7) is 11.6. The third-order valence-electron chi connectivity index (χ3n) is 4.83. The van der Waals surface area contributed by atoms with Gasteiger partial charge in [-0.2, -0.15) is 0 Å². The maximum atomic E-state index is 11.6. The van der Waals surface area contributed by atoms with Crippen molar-refractivity contribution in [3.8, 4) is 0 Å². The summed E-state index contributed by atoms with van der Waals surface area (Å²) < 4.78 is 11.8. The highest BCUT2D eigenvalue weighted by Gasteiger charge is 2.50. The van der Waals surface area contributed by atoms with E-state index in [0.717, 1.165) is 0 Å². The third-order valence-corrected chi connectivity index (χ3v) is 9.83. The Labute approximate surface area is 170 Å². The van der Waals surface area contributed by atoms with Gasteiger partial charge in [0.1, 0.15) is 0 Å². The van der Waals surface area contributed by atoms with Gasteiger partial charge in [0.05, 0.1) is 6.61 Å². The third kappa shape index (κ3) is 5.21. The Morgan fingerprint density at radius 2 is 1.50 bits per heavy atom. The first-order valence-corrected chi connectivity index (χ1v) is 11.8. The van der Waals surface area contributed by atoms with Crippen LogP contribution in [0.4, 0.5) is 0 Å². The molecule has 2 aromatic carbocycles. The normalized spacial score (nSPS) is 13.5. The van der Waals surface area contributed by atoms with Gasteiger partial charge >= 0.3 is 5.97 Å². The molecular formula is C24H32O3Si. The molecular weight excluding hydrogens is 364 g/mol. The van der Waals surface area contributed by atoms with Gasteiger partial charge in [0.25, 0.3) is 8.32 Å². The molecule has 4 heteroatoms. The summed E-state index contributed by atoms with van der Waals surface area (Å²) in [5, 5.41) is 2.46. The molecule has 0 fully saturated rings. The number of hydrogen-bond acceptors (Lipinski definition) is 3. The van der Waals surface area contributed by atoms with E-state index in [4.69, 9.17) is 9.16 Å². The van der Waals surface area contributed by atoms with E-state index in [-0.39, 0.29) is 16.9 Å². The first kappa shape index (κ1) is 22.1. The number of ether oxygens (including phenoxy) is 1. The largest absolute Gasteiger partial charge is 0.463 e. The average molecular weight is 397 g/mol. The van der Waals surface area contributed by atoms with Gasteiger partial charge < -0.3 is 9.16 Å². The summed E-state index contributed by atoms with van der Waals surface area (Å²) >= 11 is 0. The fourth-order valence-electron chi connectivity index (χ4n) is 3.51. The molecule has 2 aromatic rings. The molecule has 0 N–H and O–H groups in total. The molecule has 28 heavy (non-hydrogen) atoms. The van der Waals surface area contributed by atoms with Crippen molar-refractivity contribution in [1.29, 1.82) is 0 Å². The number of hydrogen-bond donors (Lipinski definition) is 0. The average Bonchev–Trinajstić information content (AvgIpc) is 2.68. The predicted molar refractivity (Wildman–Crippen MR) is 119 cm³/mol. The number of carbonyl (C=O) groups excluding carboxylic acids is 1. The van der Waals surface area contributed by atoms with Crippen LogP contribution in [0.1, 0.15) is 34.6 Å². The summed E-state index contributed by atoms with van der Waals surface area (Å²) in [6, 6.07) is 21.2. The molecule has 0 aliphatic rings. The van der Waals surface area contributed by atoms with Crippen molar-refractivity contribution in [2.45, 2.75) is 39.7 Å². The minimum atomic E-state index is -2.53. The summed E-state index contributed by atoms with van der Waals surface area (Å²) in [5.74, 6) is -0.203. The Morgan fingerprint density at radius 1 is 1.00 bits per heavy atom. The molecule has 2 rings (SSSR count). The maximum Gasteiger partial charge on any atom is 0.330 e. The van der Waals surface area contributed by atoms with Crippen molar-refractivity contribution < 1.29 is 14.0 Å². The highest BCUT2D eigenvalue weighted by Crippen LogP contribution is 2.37. The van der Waals surface area contributed by atoms with Crippen LogP contribution in [0.5, 0.6) is 0 Å². The molecule has 0 aliphatic carbocycles. The van der Waals surface area contributed by atoms with Crippen LogP contribution in [-0.2, 0) is 14.0 Å². The van der Waals surface area contributed by atoms with Crippen molar-refractivity contribution >= 4 is 24.7 Å². The molecule has 0 saturated heterocycles. The molecule has 0 aromatic heterocycles. The van der Waals surface area contributed by atoms with E-state index in [1.54, 1.807) is 6.92 Å². The second-order valence-electron chi connectivity index (χ2n) is 8.06. The highest BCUT2D eigenvalue weighted by atomic mass is 28.4. The number of carbonyl (C=O) groups is 1. The van der Waals surface area contributed by atoms with Gasteiger partial charge in [0.15, 0.2) is 0 Å². The molecule has 0 saturated carbocycles. The van der Waals surface area contributed by atoms with Gasteiger partial charge in [-0.1, -0.05) is 94.4 Å². The van der Waals surface area contributed by atoms with E-state index in [0.29, 0.717) is 13.2 Å². The van der Waals surface area contributed by atoms with Crippen LogP contribution in [0.2, 0.25) is 5.04 Å². The van der Waals surface area contributed by atoms with Crippen molar-refractivity contribution in [2.24, 2.45) is 5.92 Å². The summed E-state index contributed by atoms with van der Waals surface area (Å²) in [5.41, 5.74) is 0. The summed E-state index contributed by atoms with van der Waals surface area (Å²) in [4.78, 5) is 11.6. The SMILES string of the molecule is CCOC(=O)/C=C/[C@H](C)CO[Si](c1ccccc1)(c1ccccc1)C(C)(C)C. The second kappa shape index (κ2) is 9.85. The van der Waals surface area contributed by atoms with Crippen molar-refractivity contribution in [2.75, 3.05) is 13.2 Å². The Hall–Kier alpha value is -2.17. The lowest BCUT2D eigenvalue weighted by Crippen LogP contribution is -2.66. The van der Waals surface area contributed by atoms with Gasteiger partial charge in [0, 0.05) is 12.7 Å². The van der Waals surface area contributed by atoms with Crippen molar-refractivity contribution in [3.05, 3.63) is 72.8 Å². The minimum absolute atomic E-state index is 0.0553. The smallest absolute Gasteiger partial charge is 0.330 e. The van der Waals surface area contributed by atoms with Crippen molar-refractivity contribution in [3.63, 3.8) is 0 Å². The van der Waals surface area contributed by atoms with Gasteiger partial charge in [-0.05, 0) is 28.3 Å². The predicted octanol–water partition coefficient (Wildman–Crippen LogP) is 4.32. The standard InChI is InChI=1S/C24H32O3Si/c1-6-26-23(25)18-17-20(2)19-27-28(24(3,4)5,21-13-9-7-10-14-21)22-15-11-8-12-16-22/h7-18,20H,6,19H2,1-5H3/b18-17+/t20-/m0/s1. The van der Waals surface area contributed by atoms with Gasteiger partial charge in [-0.25, -0.2) is 4.79 Å². The van der Waals surface area contributed by atoms with E-state index in [1.807, 2.05) is 18.2 Å². The monoisotopic (exact) mass is 396 g/mol. The fourth-order valence-corrected chi connectivity index (χ4v) is 8.18. The Balaban J connectivity index is 2.38. The van der Waals surface area contributed by atoms with E-state index in [1.165, 1.54) is 16.4 Å². The second-order valence-corrected chi connectivity index (χ2v) is 12.4. The zero-order chi connectivity index (χ0) is 20.6. The van der Waals surface area contributed by atoms with E-state index < -0.39 is 8.32 Å². The first-order valence-electron chi connectivity index (χ1n) is 9.91. The van der Waals surface area contributed by atoms with Crippen LogP contribution in [0.25, 0.3) is 0 Å². The molecule has 150 valence electrons. The molecule has 0 amide bonds. The topological polar surface area (TPSA) is 35.5 Å². The lowest BCUT2D eigenvalue weighted by atomic mass is 10.2. The van der Waals surface area contributed by atoms with Gasteiger partial charge in [-0.15, -0.1) is 0 Å². The van der Waals surface area contributed by atoms with Crippen LogP contribution in [-0.4, -0.2) is 27.5 Å². The number of esters is 1. The zero-order valence-electron chi connectivity index (χ0n) is 17.6. The van der Waals surface area contributed by atoms with Crippen molar-refractivity contribution in [1.82, 2.24) is 0 Å². The minimum Gasteiger partial charge on any atom is -0.463 e. The maximum absolute atomic E-state index is 11.6. The highest BCUT2D eigenvalue weighted by molar-refractivity contribution is 6.99. The Kier molecular flexibility index (Phi) is 7.78.